The lowest BCUT2D eigenvalue weighted by atomic mass is 10.0. The van der Waals surface area contributed by atoms with Crippen LogP contribution in [0.25, 0.3) is 0 Å². The maximum absolute atomic E-state index is 10.1. The molecule has 2 unspecified atom stereocenters. The zero-order valence-electron chi connectivity index (χ0n) is 11.6. The van der Waals surface area contributed by atoms with Crippen molar-refractivity contribution in [1.82, 2.24) is 4.90 Å². The Hall–Kier alpha value is -0.530. The van der Waals surface area contributed by atoms with Gasteiger partial charge in [-0.3, -0.25) is 0 Å². The lowest BCUT2D eigenvalue weighted by Gasteiger charge is -2.23. The van der Waals surface area contributed by atoms with Gasteiger partial charge < -0.3 is 20.6 Å². The molecule has 0 amide bonds. The Labute approximate surface area is 132 Å². The summed E-state index contributed by atoms with van der Waals surface area (Å²) in [6.07, 6.45) is 0.818. The zero-order chi connectivity index (χ0) is 13.1. The third kappa shape index (κ3) is 4.50. The van der Waals surface area contributed by atoms with Crippen LogP contribution in [-0.4, -0.2) is 49.8 Å². The van der Waals surface area contributed by atoms with Crippen LogP contribution in [0.1, 0.15) is 6.42 Å². The number of nitrogens with two attached hydrogens (primary N) is 1. The quantitative estimate of drug-likeness (QED) is 0.619. The maximum atomic E-state index is 10.1. The van der Waals surface area contributed by atoms with Crippen LogP contribution in [0.4, 0.5) is 11.4 Å². The molecule has 2 atom stereocenters. The Balaban J connectivity index is 0.00000180. The van der Waals surface area contributed by atoms with Gasteiger partial charge in [0, 0.05) is 36.9 Å². The van der Waals surface area contributed by atoms with Gasteiger partial charge in [0.25, 0.3) is 0 Å². The van der Waals surface area contributed by atoms with Crippen LogP contribution in [0.3, 0.4) is 0 Å². The summed E-state index contributed by atoms with van der Waals surface area (Å²) >= 11 is 0. The fourth-order valence-electron chi connectivity index (χ4n) is 2.54. The second-order valence-corrected chi connectivity index (χ2v) is 5.42. The normalized spacial score (nSPS) is 20.4. The molecular weight excluding hydrogens is 353 g/mol. The lowest BCUT2D eigenvalue weighted by Crippen LogP contribution is -2.34. The van der Waals surface area contributed by atoms with Crippen LogP contribution < -0.4 is 10.6 Å². The molecule has 3 N–H and O–H groups in total. The molecule has 19 heavy (non-hydrogen) atoms. The molecule has 4 nitrogen and oxygen atoms in total. The first-order valence-electron chi connectivity index (χ1n) is 6.49. The first-order chi connectivity index (χ1) is 8.56. The first kappa shape index (κ1) is 16.5. The van der Waals surface area contributed by atoms with Crippen LogP contribution in [0.2, 0.25) is 0 Å². The van der Waals surface area contributed by atoms with Crippen LogP contribution in [0.15, 0.2) is 24.3 Å². The van der Waals surface area contributed by atoms with Gasteiger partial charge in [0.1, 0.15) is 0 Å². The van der Waals surface area contributed by atoms with Gasteiger partial charge in [0.2, 0.25) is 0 Å². The summed E-state index contributed by atoms with van der Waals surface area (Å²) in [7, 11) is 3.99. The largest absolute Gasteiger partial charge is 0.399 e. The van der Waals surface area contributed by atoms with Crippen molar-refractivity contribution in [3.63, 3.8) is 0 Å². The van der Waals surface area contributed by atoms with Crippen LogP contribution >= 0.6 is 24.0 Å². The Morgan fingerprint density at radius 2 is 2.00 bits per heavy atom. The van der Waals surface area contributed by atoms with Crippen molar-refractivity contribution in [2.24, 2.45) is 5.92 Å². The highest BCUT2D eigenvalue weighted by atomic mass is 127. The molecule has 0 aliphatic carbocycles. The second-order valence-electron chi connectivity index (χ2n) is 5.42. The number of halogens is 1. The summed E-state index contributed by atoms with van der Waals surface area (Å²) in [6, 6.07) is 7.96. The summed E-state index contributed by atoms with van der Waals surface area (Å²) in [5.41, 5.74) is 7.68. The summed E-state index contributed by atoms with van der Waals surface area (Å²) in [5, 5.41) is 10.1. The van der Waals surface area contributed by atoms with Gasteiger partial charge in [0.05, 0.1) is 6.10 Å². The Morgan fingerprint density at radius 1 is 1.37 bits per heavy atom. The summed E-state index contributed by atoms with van der Waals surface area (Å²) < 4.78 is 0. The molecule has 108 valence electrons. The summed E-state index contributed by atoms with van der Waals surface area (Å²) in [5.74, 6) is 0.366. The fourth-order valence-corrected chi connectivity index (χ4v) is 2.54. The van der Waals surface area contributed by atoms with Gasteiger partial charge in [-0.1, -0.05) is 0 Å². The molecule has 0 radical (unpaired) electrons. The summed E-state index contributed by atoms with van der Waals surface area (Å²) in [6.45, 7) is 2.68. The number of hydrogen-bond donors (Lipinski definition) is 2. The molecule has 0 spiro atoms. The third-order valence-electron chi connectivity index (χ3n) is 3.58. The number of nitrogens with zero attached hydrogens (tertiary/aromatic N) is 2. The number of anilines is 2. The van der Waals surface area contributed by atoms with Crippen molar-refractivity contribution in [2.45, 2.75) is 12.5 Å². The average Bonchev–Trinajstić information content (AvgIpc) is 2.78. The highest BCUT2D eigenvalue weighted by Gasteiger charge is 2.28. The van der Waals surface area contributed by atoms with Crippen molar-refractivity contribution in [3.05, 3.63) is 24.3 Å². The molecule has 1 aliphatic heterocycles. The van der Waals surface area contributed by atoms with Crippen LogP contribution in [-0.2, 0) is 0 Å². The fraction of sp³-hybridized carbons (Fsp3) is 0.571. The molecular formula is C14H24IN3O. The Kier molecular flexibility index (Phi) is 6.35. The molecule has 1 saturated heterocycles. The van der Waals surface area contributed by atoms with Gasteiger partial charge in [-0.25, -0.2) is 0 Å². The molecule has 1 aromatic rings. The minimum Gasteiger partial charge on any atom is -0.399 e. The van der Waals surface area contributed by atoms with Crippen molar-refractivity contribution >= 4 is 35.4 Å². The monoisotopic (exact) mass is 377 g/mol. The van der Waals surface area contributed by atoms with E-state index in [1.165, 1.54) is 5.69 Å². The SMILES string of the molecule is CN(C)CC(O)C1CCN(c2ccc(N)cc2)C1.I. The lowest BCUT2D eigenvalue weighted by molar-refractivity contribution is 0.0883. The van der Waals surface area contributed by atoms with E-state index in [2.05, 4.69) is 17.0 Å². The van der Waals surface area contributed by atoms with Crippen LogP contribution in [0.5, 0.6) is 0 Å². The van der Waals surface area contributed by atoms with Gasteiger partial charge >= 0.3 is 0 Å². The van der Waals surface area contributed by atoms with Crippen molar-refractivity contribution in [2.75, 3.05) is 44.4 Å². The van der Waals surface area contributed by atoms with E-state index in [-0.39, 0.29) is 30.1 Å². The molecule has 1 fully saturated rings. The number of benzene rings is 1. The highest BCUT2D eigenvalue weighted by molar-refractivity contribution is 14.0. The molecule has 0 saturated carbocycles. The Bertz CT molecular complexity index is 383. The van der Waals surface area contributed by atoms with Crippen molar-refractivity contribution in [3.8, 4) is 0 Å². The number of rotatable bonds is 4. The topological polar surface area (TPSA) is 52.7 Å². The number of likely N-dealkylation sites (N-methyl/N-ethyl adjacent to an activating group) is 1. The number of aliphatic hydroxyl groups excluding tert-OH is 1. The molecule has 2 rings (SSSR count). The standard InChI is InChI=1S/C14H23N3O.HI/c1-16(2)10-14(18)11-7-8-17(9-11)13-5-3-12(15)4-6-13;/h3-6,11,14,18H,7-10,15H2,1-2H3;1H. The van der Waals surface area contributed by atoms with E-state index in [1.807, 2.05) is 31.1 Å². The number of aliphatic hydroxyl groups is 1. The number of hydrogen-bond acceptors (Lipinski definition) is 4. The van der Waals surface area contributed by atoms with E-state index >= 15 is 0 Å². The molecule has 0 bridgehead atoms. The van der Waals surface area contributed by atoms with E-state index in [1.54, 1.807) is 0 Å². The minimum atomic E-state index is -0.237. The van der Waals surface area contributed by atoms with Gasteiger partial charge in [-0.2, -0.15) is 0 Å². The maximum Gasteiger partial charge on any atom is 0.0712 e. The van der Waals surface area contributed by atoms with Gasteiger partial charge in [-0.05, 0) is 44.8 Å². The Morgan fingerprint density at radius 3 is 2.58 bits per heavy atom. The zero-order valence-corrected chi connectivity index (χ0v) is 14.0. The van der Waals surface area contributed by atoms with Gasteiger partial charge in [-0.15, -0.1) is 24.0 Å². The van der Waals surface area contributed by atoms with Crippen molar-refractivity contribution < 1.29 is 5.11 Å². The molecule has 0 aromatic heterocycles. The molecule has 1 aliphatic rings. The first-order valence-corrected chi connectivity index (χ1v) is 6.49. The predicted octanol–water partition coefficient (Wildman–Crippen LogP) is 1.64. The average molecular weight is 377 g/mol. The molecule has 5 heteroatoms. The predicted molar refractivity (Wildman–Crippen MR) is 91.2 cm³/mol. The second kappa shape index (κ2) is 7.31. The van der Waals surface area contributed by atoms with E-state index < -0.39 is 0 Å². The van der Waals surface area contributed by atoms with Gasteiger partial charge in [0.15, 0.2) is 0 Å². The third-order valence-corrected chi connectivity index (χ3v) is 3.58. The highest BCUT2D eigenvalue weighted by Crippen LogP contribution is 2.26. The van der Waals surface area contributed by atoms with E-state index in [0.29, 0.717) is 5.92 Å². The summed E-state index contributed by atoms with van der Waals surface area (Å²) in [4.78, 5) is 4.36. The molecule has 1 heterocycles. The minimum absolute atomic E-state index is 0. The number of nitrogen functional groups attached to an aromatic ring is 1. The van der Waals surface area contributed by atoms with E-state index in [9.17, 15) is 5.11 Å². The van der Waals surface area contributed by atoms with Crippen molar-refractivity contribution in [1.29, 1.82) is 0 Å². The smallest absolute Gasteiger partial charge is 0.0712 e. The molecule has 1 aromatic carbocycles. The van der Waals surface area contributed by atoms with E-state index in [0.717, 1.165) is 31.7 Å². The van der Waals surface area contributed by atoms with E-state index in [4.69, 9.17) is 5.73 Å². The van der Waals surface area contributed by atoms with Crippen LogP contribution in [0, 0.1) is 5.92 Å².